The van der Waals surface area contributed by atoms with Gasteiger partial charge < -0.3 is 15.5 Å². The molecule has 1 saturated heterocycles. The normalized spacial score (nSPS) is 20.2. The van der Waals surface area contributed by atoms with Gasteiger partial charge in [0.15, 0.2) is 0 Å². The van der Waals surface area contributed by atoms with E-state index in [1.807, 2.05) is 13.8 Å². The molecule has 0 spiro atoms. The molecule has 6 heteroatoms. The quantitative estimate of drug-likeness (QED) is 0.817. The highest BCUT2D eigenvalue weighted by Gasteiger charge is 2.30. The van der Waals surface area contributed by atoms with E-state index in [9.17, 15) is 14.4 Å². The van der Waals surface area contributed by atoms with Crippen molar-refractivity contribution >= 4 is 23.4 Å². The minimum absolute atomic E-state index is 0.0498. The van der Waals surface area contributed by atoms with Crippen molar-refractivity contribution in [2.75, 3.05) is 18.4 Å². The van der Waals surface area contributed by atoms with Gasteiger partial charge in [-0.2, -0.15) is 0 Å². The van der Waals surface area contributed by atoms with E-state index < -0.39 is 0 Å². The number of anilines is 1. The van der Waals surface area contributed by atoms with E-state index >= 15 is 0 Å². The number of rotatable bonds is 5. The second kappa shape index (κ2) is 9.22. The molecule has 0 bridgehead atoms. The first-order valence-corrected chi connectivity index (χ1v) is 10.4. The minimum Gasteiger partial charge on any atom is -0.353 e. The summed E-state index contributed by atoms with van der Waals surface area (Å²) in [5, 5.41) is 5.99. The van der Waals surface area contributed by atoms with E-state index in [0.29, 0.717) is 30.4 Å². The lowest BCUT2D eigenvalue weighted by Gasteiger charge is -2.32. The summed E-state index contributed by atoms with van der Waals surface area (Å²) in [5.41, 5.74) is 1.27. The first kappa shape index (κ1) is 20.4. The number of carbonyl (C=O) groups excluding carboxylic acids is 3. The molecule has 2 fully saturated rings. The van der Waals surface area contributed by atoms with E-state index in [2.05, 4.69) is 10.6 Å². The number of benzene rings is 1. The van der Waals surface area contributed by atoms with Crippen LogP contribution in [0.25, 0.3) is 0 Å². The number of nitrogens with one attached hydrogen (secondary N) is 2. The van der Waals surface area contributed by atoms with Crippen LogP contribution in [0.15, 0.2) is 24.3 Å². The van der Waals surface area contributed by atoms with Gasteiger partial charge in [0.05, 0.1) is 5.92 Å². The first-order valence-electron chi connectivity index (χ1n) is 10.4. The van der Waals surface area contributed by atoms with Crippen molar-refractivity contribution in [3.63, 3.8) is 0 Å². The maximum absolute atomic E-state index is 12.9. The Labute approximate surface area is 167 Å². The SMILES string of the molecule is CC(C)C(=O)Nc1ccc(C(=O)N2CCCC(C(=O)NC3CCCC3)C2)cc1. The van der Waals surface area contributed by atoms with Gasteiger partial charge in [-0.1, -0.05) is 26.7 Å². The van der Waals surface area contributed by atoms with Crippen molar-refractivity contribution in [1.82, 2.24) is 10.2 Å². The molecule has 152 valence electrons. The fraction of sp³-hybridized carbons (Fsp3) is 0.591. The molecule has 1 unspecified atom stereocenters. The molecule has 2 N–H and O–H groups in total. The molecule has 1 aromatic carbocycles. The van der Waals surface area contributed by atoms with Crippen LogP contribution in [0.4, 0.5) is 5.69 Å². The number of hydrogen-bond donors (Lipinski definition) is 2. The Morgan fingerprint density at radius 3 is 2.32 bits per heavy atom. The number of piperidine rings is 1. The zero-order valence-corrected chi connectivity index (χ0v) is 16.9. The zero-order valence-electron chi connectivity index (χ0n) is 16.9. The van der Waals surface area contributed by atoms with E-state index in [1.54, 1.807) is 29.2 Å². The molecule has 2 aliphatic rings. The van der Waals surface area contributed by atoms with Gasteiger partial charge in [-0.25, -0.2) is 0 Å². The second-order valence-electron chi connectivity index (χ2n) is 8.30. The van der Waals surface area contributed by atoms with Gasteiger partial charge in [-0.3, -0.25) is 14.4 Å². The van der Waals surface area contributed by atoms with Crippen molar-refractivity contribution in [2.24, 2.45) is 11.8 Å². The topological polar surface area (TPSA) is 78.5 Å². The standard InChI is InChI=1S/C22H31N3O3/c1-15(2)20(26)23-19-11-9-16(10-12-19)22(28)25-13-5-6-17(14-25)21(27)24-18-7-3-4-8-18/h9-12,15,17-18H,3-8,13-14H2,1-2H3,(H,23,26)(H,24,27). The van der Waals surface area contributed by atoms with Crippen LogP contribution in [0, 0.1) is 11.8 Å². The lowest BCUT2D eigenvalue weighted by atomic mass is 9.96. The van der Waals surface area contributed by atoms with Crippen LogP contribution in [0.3, 0.4) is 0 Å². The lowest BCUT2D eigenvalue weighted by molar-refractivity contribution is -0.127. The van der Waals surface area contributed by atoms with Crippen LogP contribution in [0.2, 0.25) is 0 Å². The smallest absolute Gasteiger partial charge is 0.253 e. The lowest BCUT2D eigenvalue weighted by Crippen LogP contribution is -2.47. The summed E-state index contributed by atoms with van der Waals surface area (Å²) < 4.78 is 0. The molecule has 1 aliphatic carbocycles. The van der Waals surface area contributed by atoms with Gasteiger partial charge in [0.2, 0.25) is 11.8 Å². The third kappa shape index (κ3) is 5.12. The molecule has 3 rings (SSSR count). The molecule has 1 saturated carbocycles. The Balaban J connectivity index is 1.57. The molecule has 6 nitrogen and oxygen atoms in total. The Kier molecular flexibility index (Phi) is 6.70. The summed E-state index contributed by atoms with van der Waals surface area (Å²) in [6.45, 7) is 4.83. The summed E-state index contributed by atoms with van der Waals surface area (Å²) in [6, 6.07) is 7.29. The predicted octanol–water partition coefficient (Wildman–Crippen LogP) is 3.19. The molecule has 1 aromatic rings. The average Bonchev–Trinajstić information content (AvgIpc) is 3.21. The molecular formula is C22H31N3O3. The monoisotopic (exact) mass is 385 g/mol. The van der Waals surface area contributed by atoms with Crippen LogP contribution < -0.4 is 10.6 Å². The van der Waals surface area contributed by atoms with Crippen LogP contribution in [0.1, 0.15) is 62.7 Å². The van der Waals surface area contributed by atoms with E-state index in [0.717, 1.165) is 25.7 Å². The van der Waals surface area contributed by atoms with Gasteiger partial charge in [0, 0.05) is 36.3 Å². The van der Waals surface area contributed by atoms with Gasteiger partial charge in [-0.15, -0.1) is 0 Å². The summed E-state index contributed by atoms with van der Waals surface area (Å²) >= 11 is 0. The van der Waals surface area contributed by atoms with E-state index in [1.165, 1.54) is 12.8 Å². The molecule has 28 heavy (non-hydrogen) atoms. The van der Waals surface area contributed by atoms with E-state index in [4.69, 9.17) is 0 Å². The Morgan fingerprint density at radius 2 is 1.68 bits per heavy atom. The minimum atomic E-state index is -0.122. The van der Waals surface area contributed by atoms with Crippen LogP contribution in [0.5, 0.6) is 0 Å². The highest BCUT2D eigenvalue weighted by molar-refractivity contribution is 5.96. The Morgan fingerprint density at radius 1 is 1.00 bits per heavy atom. The van der Waals surface area contributed by atoms with Gasteiger partial charge in [0.1, 0.15) is 0 Å². The van der Waals surface area contributed by atoms with Gasteiger partial charge >= 0.3 is 0 Å². The fourth-order valence-electron chi connectivity index (χ4n) is 3.93. The summed E-state index contributed by atoms with van der Waals surface area (Å²) in [7, 11) is 0. The third-order valence-corrected chi connectivity index (χ3v) is 5.70. The van der Waals surface area contributed by atoms with Crippen molar-refractivity contribution in [3.8, 4) is 0 Å². The third-order valence-electron chi connectivity index (χ3n) is 5.70. The van der Waals surface area contributed by atoms with Crippen molar-refractivity contribution in [3.05, 3.63) is 29.8 Å². The van der Waals surface area contributed by atoms with Crippen LogP contribution >= 0.6 is 0 Å². The second-order valence-corrected chi connectivity index (χ2v) is 8.30. The first-order chi connectivity index (χ1) is 13.4. The van der Waals surface area contributed by atoms with Crippen LogP contribution in [-0.2, 0) is 9.59 Å². The molecule has 3 amide bonds. The summed E-state index contributed by atoms with van der Waals surface area (Å²) in [6.07, 6.45) is 6.20. The molecule has 1 atom stereocenters. The molecule has 1 heterocycles. The highest BCUT2D eigenvalue weighted by Crippen LogP contribution is 2.22. The van der Waals surface area contributed by atoms with E-state index in [-0.39, 0.29) is 29.6 Å². The van der Waals surface area contributed by atoms with Crippen molar-refractivity contribution < 1.29 is 14.4 Å². The fourth-order valence-corrected chi connectivity index (χ4v) is 3.93. The summed E-state index contributed by atoms with van der Waals surface area (Å²) in [5.74, 6) is -0.229. The number of nitrogens with zero attached hydrogens (tertiary/aromatic N) is 1. The van der Waals surface area contributed by atoms with Crippen molar-refractivity contribution in [1.29, 1.82) is 0 Å². The molecule has 0 radical (unpaired) electrons. The number of hydrogen-bond acceptors (Lipinski definition) is 3. The average molecular weight is 386 g/mol. The Hall–Kier alpha value is -2.37. The van der Waals surface area contributed by atoms with Gasteiger partial charge in [0.25, 0.3) is 5.91 Å². The number of amides is 3. The van der Waals surface area contributed by atoms with Crippen molar-refractivity contribution in [2.45, 2.75) is 58.4 Å². The molecule has 0 aromatic heterocycles. The predicted molar refractivity (Wildman–Crippen MR) is 109 cm³/mol. The highest BCUT2D eigenvalue weighted by atomic mass is 16.2. The number of likely N-dealkylation sites (tertiary alicyclic amines) is 1. The molecular weight excluding hydrogens is 354 g/mol. The maximum Gasteiger partial charge on any atom is 0.253 e. The van der Waals surface area contributed by atoms with Gasteiger partial charge in [-0.05, 0) is 49.9 Å². The maximum atomic E-state index is 12.9. The zero-order chi connectivity index (χ0) is 20.1. The van der Waals surface area contributed by atoms with Crippen LogP contribution in [-0.4, -0.2) is 41.8 Å². The summed E-state index contributed by atoms with van der Waals surface area (Å²) in [4.78, 5) is 39.0. The number of carbonyl (C=O) groups is 3. The Bertz CT molecular complexity index is 708. The largest absolute Gasteiger partial charge is 0.353 e. The molecule has 1 aliphatic heterocycles.